The molecular formula is C7H6BBrF3KO. The smallest absolute Gasteiger partial charge is 0.496 e. The van der Waals surface area contributed by atoms with Gasteiger partial charge in [-0.15, -0.1) is 5.46 Å². The zero-order valence-electron chi connectivity index (χ0n) is 7.73. The summed E-state index contributed by atoms with van der Waals surface area (Å²) in [6.07, 6.45) is 0. The van der Waals surface area contributed by atoms with E-state index in [1.165, 1.54) is 13.2 Å². The second-order valence-electron chi connectivity index (χ2n) is 2.47. The molecule has 0 saturated heterocycles. The molecule has 0 bridgehead atoms. The second kappa shape index (κ2) is 5.91. The average molecular weight is 293 g/mol. The number of rotatable bonds is 2. The molecular weight excluding hydrogens is 287 g/mol. The summed E-state index contributed by atoms with van der Waals surface area (Å²) in [5.41, 5.74) is -0.632. The number of benzene rings is 1. The predicted molar refractivity (Wildman–Crippen MR) is 49.4 cm³/mol. The molecule has 0 aliphatic rings. The van der Waals surface area contributed by atoms with Crippen LogP contribution >= 0.6 is 15.9 Å². The van der Waals surface area contributed by atoms with Crippen molar-refractivity contribution < 1.29 is 69.1 Å². The Hall–Kier alpha value is 0.991. The molecule has 0 aliphatic heterocycles. The Bertz CT molecular complexity index is 318. The summed E-state index contributed by atoms with van der Waals surface area (Å²) >= 11 is 2.98. The summed E-state index contributed by atoms with van der Waals surface area (Å²) in [5, 5.41) is 0. The molecule has 72 valence electrons. The Labute approximate surface area is 131 Å². The SMILES string of the molecule is COc1ccc([B-](F)(F)F)cc1Br.[K+]. The van der Waals surface area contributed by atoms with Gasteiger partial charge in [-0.05, 0) is 22.0 Å². The van der Waals surface area contributed by atoms with Crippen molar-refractivity contribution in [3.63, 3.8) is 0 Å². The van der Waals surface area contributed by atoms with Crippen LogP contribution in [0.5, 0.6) is 5.75 Å². The molecule has 0 atom stereocenters. The van der Waals surface area contributed by atoms with Crippen LogP contribution in [0.2, 0.25) is 0 Å². The summed E-state index contributed by atoms with van der Waals surface area (Å²) in [5.74, 6) is 0.392. The molecule has 1 aromatic rings. The van der Waals surface area contributed by atoms with E-state index in [1.54, 1.807) is 0 Å². The van der Waals surface area contributed by atoms with Crippen LogP contribution in [0.3, 0.4) is 0 Å². The Morgan fingerprint density at radius 3 is 2.21 bits per heavy atom. The molecule has 1 aromatic carbocycles. The fraction of sp³-hybridized carbons (Fsp3) is 0.143. The van der Waals surface area contributed by atoms with Crippen molar-refractivity contribution in [1.82, 2.24) is 0 Å². The fourth-order valence-electron chi connectivity index (χ4n) is 0.886. The van der Waals surface area contributed by atoms with Gasteiger partial charge < -0.3 is 17.7 Å². The van der Waals surface area contributed by atoms with E-state index in [1.807, 2.05) is 0 Å². The molecule has 0 heterocycles. The zero-order valence-corrected chi connectivity index (χ0v) is 12.4. The van der Waals surface area contributed by atoms with Gasteiger partial charge in [0.05, 0.1) is 11.6 Å². The van der Waals surface area contributed by atoms with E-state index in [-0.39, 0.29) is 51.4 Å². The van der Waals surface area contributed by atoms with Gasteiger partial charge in [-0.2, -0.15) is 0 Å². The number of halogens is 4. The van der Waals surface area contributed by atoms with Gasteiger partial charge in [0, 0.05) is 0 Å². The molecule has 0 N–H and O–H groups in total. The van der Waals surface area contributed by atoms with Gasteiger partial charge in [-0.1, -0.05) is 12.1 Å². The van der Waals surface area contributed by atoms with Gasteiger partial charge >= 0.3 is 58.4 Å². The third kappa shape index (κ3) is 3.86. The minimum absolute atomic E-state index is 0. The van der Waals surface area contributed by atoms with Crippen molar-refractivity contribution in [2.24, 2.45) is 0 Å². The van der Waals surface area contributed by atoms with Crippen LogP contribution in [0, 0.1) is 0 Å². The Balaban J connectivity index is 0.00000169. The summed E-state index contributed by atoms with van der Waals surface area (Å²) < 4.78 is 41.7. The van der Waals surface area contributed by atoms with Crippen LogP contribution < -0.4 is 61.6 Å². The van der Waals surface area contributed by atoms with E-state index < -0.39 is 12.4 Å². The summed E-state index contributed by atoms with van der Waals surface area (Å²) in [7, 11) is 1.40. The van der Waals surface area contributed by atoms with Gasteiger partial charge in [-0.25, -0.2) is 0 Å². The molecule has 7 heteroatoms. The van der Waals surface area contributed by atoms with E-state index in [9.17, 15) is 12.9 Å². The first kappa shape index (κ1) is 15.0. The van der Waals surface area contributed by atoms with Gasteiger partial charge in [0.25, 0.3) is 0 Å². The molecule has 0 unspecified atom stereocenters. The van der Waals surface area contributed by atoms with Crippen LogP contribution in [-0.2, 0) is 0 Å². The van der Waals surface area contributed by atoms with Crippen LogP contribution in [0.15, 0.2) is 22.7 Å². The molecule has 0 aromatic heterocycles. The topological polar surface area (TPSA) is 9.23 Å². The van der Waals surface area contributed by atoms with Gasteiger partial charge in [0.15, 0.2) is 0 Å². The van der Waals surface area contributed by atoms with Crippen molar-refractivity contribution in [2.45, 2.75) is 0 Å². The number of hydrogen-bond acceptors (Lipinski definition) is 1. The monoisotopic (exact) mass is 292 g/mol. The van der Waals surface area contributed by atoms with Gasteiger partial charge in [0.1, 0.15) is 5.75 Å². The van der Waals surface area contributed by atoms with Crippen LogP contribution in [0.25, 0.3) is 0 Å². The van der Waals surface area contributed by atoms with Crippen LogP contribution in [0.4, 0.5) is 12.9 Å². The Kier molecular flexibility index (Phi) is 6.33. The first-order valence-corrected chi connectivity index (χ1v) is 4.28. The molecule has 0 radical (unpaired) electrons. The molecule has 1 nitrogen and oxygen atoms in total. The van der Waals surface area contributed by atoms with Crippen molar-refractivity contribution in [2.75, 3.05) is 7.11 Å². The fourth-order valence-corrected chi connectivity index (χ4v) is 1.44. The van der Waals surface area contributed by atoms with Crippen molar-refractivity contribution in [3.8, 4) is 5.75 Å². The Morgan fingerprint density at radius 1 is 1.29 bits per heavy atom. The van der Waals surface area contributed by atoms with Gasteiger partial charge in [-0.3, -0.25) is 0 Å². The maximum atomic E-state index is 12.2. The minimum Gasteiger partial charge on any atom is -0.496 e. The number of methoxy groups -OCH3 is 1. The zero-order chi connectivity index (χ0) is 10.1. The average Bonchev–Trinajstić information content (AvgIpc) is 2.02. The van der Waals surface area contributed by atoms with Crippen LogP contribution in [0.1, 0.15) is 0 Å². The molecule has 14 heavy (non-hydrogen) atoms. The maximum absolute atomic E-state index is 12.2. The van der Waals surface area contributed by atoms with Gasteiger partial charge in [0.2, 0.25) is 0 Å². The third-order valence-corrected chi connectivity index (χ3v) is 2.17. The van der Waals surface area contributed by atoms with E-state index in [0.717, 1.165) is 12.1 Å². The van der Waals surface area contributed by atoms with E-state index in [2.05, 4.69) is 15.9 Å². The minimum atomic E-state index is -4.93. The number of ether oxygens (including phenoxy) is 1. The largest absolute Gasteiger partial charge is 1.00 e. The second-order valence-corrected chi connectivity index (χ2v) is 3.32. The normalized spacial score (nSPS) is 10.6. The van der Waals surface area contributed by atoms with E-state index in [0.29, 0.717) is 10.2 Å². The first-order valence-electron chi connectivity index (χ1n) is 3.48. The summed E-state index contributed by atoms with van der Waals surface area (Å²) in [6.45, 7) is -4.93. The molecule has 0 spiro atoms. The van der Waals surface area contributed by atoms with Crippen molar-refractivity contribution >= 4 is 28.4 Å². The van der Waals surface area contributed by atoms with E-state index in [4.69, 9.17) is 4.74 Å². The molecule has 0 fully saturated rings. The molecule has 0 saturated carbocycles. The van der Waals surface area contributed by atoms with Crippen LogP contribution in [-0.4, -0.2) is 14.1 Å². The number of hydrogen-bond donors (Lipinski definition) is 0. The standard InChI is InChI=1S/C7H6BBrF3O.K/c1-13-7-3-2-5(4-6(7)9)8(10,11)12;/h2-4H,1H3;/q-1;+1. The molecule has 1 rings (SSSR count). The van der Waals surface area contributed by atoms with Crippen molar-refractivity contribution in [3.05, 3.63) is 22.7 Å². The Morgan fingerprint density at radius 2 is 1.86 bits per heavy atom. The summed E-state index contributed by atoms with van der Waals surface area (Å²) in [6, 6.07) is 3.30. The predicted octanol–water partition coefficient (Wildman–Crippen LogP) is -0.484. The molecule has 0 aliphatic carbocycles. The quantitative estimate of drug-likeness (QED) is 0.669. The summed E-state index contributed by atoms with van der Waals surface area (Å²) in [4.78, 5) is 0. The maximum Gasteiger partial charge on any atom is 1.00 e. The third-order valence-electron chi connectivity index (χ3n) is 1.55. The van der Waals surface area contributed by atoms with Crippen molar-refractivity contribution in [1.29, 1.82) is 0 Å². The molecule has 0 amide bonds. The van der Waals surface area contributed by atoms with E-state index >= 15 is 0 Å². The first-order chi connectivity index (χ1) is 5.95.